The predicted molar refractivity (Wildman–Crippen MR) is 55.0 cm³/mol. The van der Waals surface area contributed by atoms with Crippen LogP contribution in [0.5, 0.6) is 0 Å². The molecule has 0 radical (unpaired) electrons. The molecule has 0 aliphatic rings. The molecule has 0 aliphatic carbocycles. The maximum absolute atomic E-state index is 12.3. The van der Waals surface area contributed by atoms with Crippen molar-refractivity contribution in [2.24, 2.45) is 0 Å². The number of nitrogens with one attached hydrogen (secondary N) is 1. The fraction of sp³-hybridized carbons (Fsp3) is 0.222. The van der Waals surface area contributed by atoms with E-state index in [4.69, 9.17) is 5.11 Å². The number of halogens is 3. The molecule has 94 valence electrons. The number of carboxylic acids is 1. The Balaban J connectivity index is 3.00. The molecule has 2 N–H and O–H groups in total. The molecule has 0 saturated heterocycles. The number of hydrogen-bond acceptors (Lipinski definition) is 3. The van der Waals surface area contributed by atoms with Crippen molar-refractivity contribution in [2.45, 2.75) is 10.4 Å². The van der Waals surface area contributed by atoms with Crippen LogP contribution in [0.1, 0.15) is 0 Å². The molecule has 0 saturated carbocycles. The van der Waals surface area contributed by atoms with E-state index in [1.54, 1.807) is 0 Å². The van der Waals surface area contributed by atoms with Gasteiger partial charge >= 0.3 is 11.5 Å². The second kappa shape index (κ2) is 5.17. The standard InChI is InChI=1S/C9H8F3NO3S/c10-9(11,12)17(16)7-4-2-1-3-6(7)13-5-8(14)15/h1-4,13H,5H2,(H,14,15). The maximum Gasteiger partial charge on any atom is 0.475 e. The van der Waals surface area contributed by atoms with Crippen LogP contribution in [0.15, 0.2) is 29.2 Å². The summed E-state index contributed by atoms with van der Waals surface area (Å²) in [6, 6.07) is 4.99. The topological polar surface area (TPSA) is 66.4 Å². The first-order valence-corrected chi connectivity index (χ1v) is 5.50. The number of carbonyl (C=O) groups is 1. The average Bonchev–Trinajstić information content (AvgIpc) is 2.24. The second-order valence-corrected chi connectivity index (χ2v) is 4.40. The monoisotopic (exact) mass is 267 g/mol. The normalized spacial score (nSPS) is 13.1. The van der Waals surface area contributed by atoms with Crippen LogP contribution in [-0.4, -0.2) is 27.3 Å². The molecule has 1 aromatic rings. The molecule has 0 spiro atoms. The van der Waals surface area contributed by atoms with Crippen LogP contribution < -0.4 is 5.32 Å². The lowest BCUT2D eigenvalue weighted by molar-refractivity contribution is -0.134. The van der Waals surface area contributed by atoms with E-state index >= 15 is 0 Å². The highest BCUT2D eigenvalue weighted by atomic mass is 32.2. The van der Waals surface area contributed by atoms with Crippen LogP contribution in [0, 0.1) is 0 Å². The van der Waals surface area contributed by atoms with E-state index in [-0.39, 0.29) is 5.69 Å². The average molecular weight is 267 g/mol. The molecule has 17 heavy (non-hydrogen) atoms. The summed E-state index contributed by atoms with van der Waals surface area (Å²) < 4.78 is 47.9. The van der Waals surface area contributed by atoms with E-state index in [1.807, 2.05) is 0 Å². The molecule has 0 heterocycles. The first-order chi connectivity index (χ1) is 7.82. The van der Waals surface area contributed by atoms with Crippen molar-refractivity contribution in [2.75, 3.05) is 11.9 Å². The van der Waals surface area contributed by atoms with Gasteiger partial charge in [0, 0.05) is 0 Å². The van der Waals surface area contributed by atoms with Crippen molar-refractivity contribution < 1.29 is 27.3 Å². The second-order valence-electron chi connectivity index (χ2n) is 2.96. The van der Waals surface area contributed by atoms with Crippen LogP contribution >= 0.6 is 0 Å². The van der Waals surface area contributed by atoms with Crippen molar-refractivity contribution >= 4 is 22.5 Å². The summed E-state index contributed by atoms with van der Waals surface area (Å²) in [4.78, 5) is 9.81. The van der Waals surface area contributed by atoms with Crippen LogP contribution in [0.3, 0.4) is 0 Å². The lowest BCUT2D eigenvalue weighted by Gasteiger charge is -2.11. The van der Waals surface area contributed by atoms with E-state index < -0.39 is 33.7 Å². The van der Waals surface area contributed by atoms with Gasteiger partial charge in [-0.05, 0) is 12.1 Å². The zero-order chi connectivity index (χ0) is 13.1. The number of carboxylic acid groups (broad SMARTS) is 1. The zero-order valence-electron chi connectivity index (χ0n) is 8.32. The summed E-state index contributed by atoms with van der Waals surface area (Å²) in [6.45, 7) is -0.550. The molecule has 4 nitrogen and oxygen atoms in total. The van der Waals surface area contributed by atoms with Gasteiger partial charge in [-0.15, -0.1) is 0 Å². The third kappa shape index (κ3) is 3.74. The molecular formula is C9H8F3NO3S. The summed E-state index contributed by atoms with van der Waals surface area (Å²) in [5.41, 5.74) is -4.98. The lowest BCUT2D eigenvalue weighted by atomic mass is 10.3. The quantitative estimate of drug-likeness (QED) is 0.873. The number of alkyl halides is 3. The Morgan fingerprint density at radius 1 is 1.35 bits per heavy atom. The Morgan fingerprint density at radius 2 is 1.94 bits per heavy atom. The van der Waals surface area contributed by atoms with Gasteiger partial charge in [0.05, 0.1) is 10.6 Å². The Kier molecular flexibility index (Phi) is 4.11. The van der Waals surface area contributed by atoms with Crippen molar-refractivity contribution in [3.8, 4) is 0 Å². The largest absolute Gasteiger partial charge is 0.480 e. The molecule has 1 aromatic carbocycles. The van der Waals surface area contributed by atoms with Gasteiger partial charge in [0.15, 0.2) is 10.8 Å². The van der Waals surface area contributed by atoms with Crippen LogP contribution in [0.2, 0.25) is 0 Å². The number of aliphatic carboxylic acids is 1. The number of anilines is 1. The van der Waals surface area contributed by atoms with E-state index in [2.05, 4.69) is 5.32 Å². The molecule has 0 bridgehead atoms. The van der Waals surface area contributed by atoms with E-state index in [9.17, 15) is 22.2 Å². The fourth-order valence-electron chi connectivity index (χ4n) is 1.07. The molecule has 0 amide bonds. The highest BCUT2D eigenvalue weighted by Crippen LogP contribution is 2.30. The summed E-state index contributed by atoms with van der Waals surface area (Å²) in [7, 11) is -3.18. The Morgan fingerprint density at radius 3 is 2.47 bits per heavy atom. The smallest absolute Gasteiger partial charge is 0.475 e. The first kappa shape index (κ1) is 13.5. The van der Waals surface area contributed by atoms with Gasteiger partial charge in [0.25, 0.3) is 0 Å². The molecule has 0 aromatic heterocycles. The maximum atomic E-state index is 12.3. The van der Waals surface area contributed by atoms with Gasteiger partial charge < -0.3 is 10.4 Å². The Labute approximate surface area is 96.9 Å². The van der Waals surface area contributed by atoms with Crippen molar-refractivity contribution in [3.05, 3.63) is 24.3 Å². The number of benzene rings is 1. The minimum absolute atomic E-state index is 0.106. The van der Waals surface area contributed by atoms with Gasteiger partial charge in [-0.1, -0.05) is 12.1 Å². The van der Waals surface area contributed by atoms with Crippen molar-refractivity contribution in [3.63, 3.8) is 0 Å². The van der Waals surface area contributed by atoms with Crippen LogP contribution in [0.25, 0.3) is 0 Å². The molecule has 1 unspecified atom stereocenters. The number of para-hydroxylation sites is 1. The van der Waals surface area contributed by atoms with Gasteiger partial charge in [0.2, 0.25) is 0 Å². The van der Waals surface area contributed by atoms with E-state index in [0.717, 1.165) is 6.07 Å². The van der Waals surface area contributed by atoms with Crippen LogP contribution in [0.4, 0.5) is 18.9 Å². The summed E-state index contributed by atoms with van der Waals surface area (Å²) >= 11 is 0. The molecule has 8 heteroatoms. The minimum atomic E-state index is -4.87. The fourth-order valence-corrected chi connectivity index (χ4v) is 1.86. The highest BCUT2D eigenvalue weighted by Gasteiger charge is 2.39. The van der Waals surface area contributed by atoms with Crippen molar-refractivity contribution in [1.82, 2.24) is 0 Å². The zero-order valence-corrected chi connectivity index (χ0v) is 9.14. The molecular weight excluding hydrogens is 259 g/mol. The summed E-state index contributed by atoms with van der Waals surface area (Å²) in [6.07, 6.45) is 0. The van der Waals surface area contributed by atoms with Gasteiger partial charge in [-0.3, -0.25) is 4.79 Å². The Hall–Kier alpha value is -1.57. The lowest BCUT2D eigenvalue weighted by Crippen LogP contribution is -2.19. The molecule has 1 atom stereocenters. The molecule has 0 fully saturated rings. The Bertz CT molecular complexity index is 447. The first-order valence-electron chi connectivity index (χ1n) is 4.35. The highest BCUT2D eigenvalue weighted by molar-refractivity contribution is 7.86. The van der Waals surface area contributed by atoms with Gasteiger partial charge in [-0.25, -0.2) is 4.21 Å². The third-order valence-electron chi connectivity index (χ3n) is 1.73. The van der Waals surface area contributed by atoms with E-state index in [1.165, 1.54) is 18.2 Å². The van der Waals surface area contributed by atoms with Crippen LogP contribution in [-0.2, 0) is 15.6 Å². The van der Waals surface area contributed by atoms with Gasteiger partial charge in [-0.2, -0.15) is 13.2 Å². The number of rotatable bonds is 4. The summed E-state index contributed by atoms with van der Waals surface area (Å²) in [5, 5.41) is 10.7. The van der Waals surface area contributed by atoms with Gasteiger partial charge in [0.1, 0.15) is 6.54 Å². The molecule has 1 rings (SSSR count). The minimum Gasteiger partial charge on any atom is -0.480 e. The third-order valence-corrected chi connectivity index (χ3v) is 2.90. The predicted octanol–water partition coefficient (Wildman–Crippen LogP) is 1.81. The van der Waals surface area contributed by atoms with Crippen molar-refractivity contribution in [1.29, 1.82) is 0 Å². The van der Waals surface area contributed by atoms with E-state index in [0.29, 0.717) is 0 Å². The number of hydrogen-bond donors (Lipinski definition) is 2. The summed E-state index contributed by atoms with van der Waals surface area (Å²) in [5.74, 6) is -1.22. The molecule has 0 aliphatic heterocycles. The SMILES string of the molecule is O=C(O)CNc1ccccc1S(=O)C(F)(F)F.